The number of nitrogens with one attached hydrogen (secondary N) is 2. The topological polar surface area (TPSA) is 83.0 Å². The molecular formula is C10H11N5OS. The molecule has 2 aromatic rings. The minimum atomic E-state index is -0.498. The van der Waals surface area contributed by atoms with Crippen LogP contribution < -0.4 is 11.1 Å². The molecule has 0 amide bonds. The Hall–Kier alpha value is -2.02. The average molecular weight is 249 g/mol. The Kier molecular flexibility index (Phi) is 3.29. The summed E-state index contributed by atoms with van der Waals surface area (Å²) in [7, 11) is 0. The van der Waals surface area contributed by atoms with E-state index in [-0.39, 0.29) is 0 Å². The molecule has 0 aliphatic heterocycles. The maximum Gasteiger partial charge on any atom is 0.363 e. The van der Waals surface area contributed by atoms with Gasteiger partial charge in [0.2, 0.25) is 0 Å². The van der Waals surface area contributed by atoms with Gasteiger partial charge in [-0.05, 0) is 25.3 Å². The lowest BCUT2D eigenvalue weighted by Gasteiger charge is -2.02. The Morgan fingerprint density at radius 1 is 1.59 bits per heavy atom. The van der Waals surface area contributed by atoms with Gasteiger partial charge < -0.3 is 0 Å². The average Bonchev–Trinajstić information content (AvgIpc) is 2.83. The number of aryl methyl sites for hydroxylation is 1. The van der Waals surface area contributed by atoms with Gasteiger partial charge in [0, 0.05) is 4.88 Å². The van der Waals surface area contributed by atoms with Crippen LogP contribution in [0.3, 0.4) is 0 Å². The molecule has 7 heteroatoms. The van der Waals surface area contributed by atoms with Gasteiger partial charge in [0.05, 0.1) is 5.71 Å². The first kappa shape index (κ1) is 11.5. The molecule has 0 fully saturated rings. The van der Waals surface area contributed by atoms with E-state index in [9.17, 15) is 4.79 Å². The molecule has 88 valence electrons. The minimum Gasteiger partial charge on any atom is -0.259 e. The fourth-order valence-corrected chi connectivity index (χ4v) is 1.85. The van der Waals surface area contributed by atoms with Crippen molar-refractivity contribution in [3.8, 4) is 0 Å². The molecule has 2 heterocycles. The summed E-state index contributed by atoms with van der Waals surface area (Å²) in [4.78, 5) is 15.8. The molecule has 0 radical (unpaired) electrons. The van der Waals surface area contributed by atoms with Crippen LogP contribution in [0.15, 0.2) is 27.4 Å². The highest BCUT2D eigenvalue weighted by atomic mass is 32.1. The number of hydrogen-bond donors (Lipinski definition) is 2. The predicted octanol–water partition coefficient (Wildman–Crippen LogP) is 1.37. The van der Waals surface area contributed by atoms with E-state index in [0.717, 1.165) is 10.6 Å². The summed E-state index contributed by atoms with van der Waals surface area (Å²) in [5.41, 5.74) is 3.67. The first-order valence-corrected chi connectivity index (χ1v) is 5.82. The van der Waals surface area contributed by atoms with Crippen molar-refractivity contribution in [3.63, 3.8) is 0 Å². The third-order valence-corrected chi connectivity index (χ3v) is 3.06. The maximum absolute atomic E-state index is 11.0. The van der Waals surface area contributed by atoms with Gasteiger partial charge in [-0.1, -0.05) is 6.07 Å². The maximum atomic E-state index is 11.0. The zero-order chi connectivity index (χ0) is 12.3. The second kappa shape index (κ2) is 4.88. The van der Waals surface area contributed by atoms with Crippen LogP contribution in [0.2, 0.25) is 0 Å². The van der Waals surface area contributed by atoms with Crippen LogP contribution >= 0.6 is 11.3 Å². The monoisotopic (exact) mass is 249 g/mol. The van der Waals surface area contributed by atoms with Crippen molar-refractivity contribution in [1.29, 1.82) is 0 Å². The van der Waals surface area contributed by atoms with Gasteiger partial charge in [0.25, 0.3) is 0 Å². The molecule has 0 aliphatic carbocycles. The molecule has 6 nitrogen and oxygen atoms in total. The number of anilines is 1. The van der Waals surface area contributed by atoms with Gasteiger partial charge in [0.1, 0.15) is 5.69 Å². The quantitative estimate of drug-likeness (QED) is 0.635. The number of hydrogen-bond acceptors (Lipinski definition) is 6. The molecular weight excluding hydrogens is 238 g/mol. The molecule has 2 rings (SSSR count). The van der Waals surface area contributed by atoms with Crippen molar-refractivity contribution in [1.82, 2.24) is 15.2 Å². The van der Waals surface area contributed by atoms with Gasteiger partial charge in [-0.15, -0.1) is 11.3 Å². The standard InChI is InChI=1S/C10H11N5OS/c1-6(8-4-3-5-17-8)12-14-9-7(2)13-15-10(16)11-9/h3-5H,1-2H3,(H2,11,14,15,16)/b12-6+. The highest BCUT2D eigenvalue weighted by Gasteiger charge is 2.02. The van der Waals surface area contributed by atoms with Crippen molar-refractivity contribution in [2.24, 2.45) is 5.10 Å². The summed E-state index contributed by atoms with van der Waals surface area (Å²) >= 11 is 1.60. The predicted molar refractivity (Wildman–Crippen MR) is 67.5 cm³/mol. The molecule has 17 heavy (non-hydrogen) atoms. The molecule has 2 aromatic heterocycles. The van der Waals surface area contributed by atoms with E-state index in [1.165, 1.54) is 0 Å². The number of hydrazone groups is 1. The second-order valence-electron chi connectivity index (χ2n) is 3.36. The van der Waals surface area contributed by atoms with Crippen LogP contribution in [-0.2, 0) is 0 Å². The van der Waals surface area contributed by atoms with Crippen LogP contribution in [0, 0.1) is 6.92 Å². The molecule has 0 aromatic carbocycles. The Morgan fingerprint density at radius 3 is 3.12 bits per heavy atom. The van der Waals surface area contributed by atoms with Crippen molar-refractivity contribution >= 4 is 22.9 Å². The second-order valence-corrected chi connectivity index (χ2v) is 4.31. The van der Waals surface area contributed by atoms with E-state index in [0.29, 0.717) is 11.5 Å². The molecule has 2 N–H and O–H groups in total. The normalized spacial score (nSPS) is 11.5. The molecule has 0 saturated carbocycles. The summed E-state index contributed by atoms with van der Waals surface area (Å²) in [6, 6.07) is 3.93. The largest absolute Gasteiger partial charge is 0.363 e. The lowest BCUT2D eigenvalue weighted by atomic mass is 10.3. The molecule has 0 saturated heterocycles. The Morgan fingerprint density at radius 2 is 2.41 bits per heavy atom. The fraction of sp³-hybridized carbons (Fsp3) is 0.200. The zero-order valence-corrected chi connectivity index (χ0v) is 10.2. The van der Waals surface area contributed by atoms with Crippen molar-refractivity contribution < 1.29 is 0 Å². The van der Waals surface area contributed by atoms with E-state index < -0.39 is 5.69 Å². The zero-order valence-electron chi connectivity index (χ0n) is 9.39. The van der Waals surface area contributed by atoms with Crippen molar-refractivity contribution in [3.05, 3.63) is 38.6 Å². The number of H-pyrrole nitrogens is 1. The van der Waals surface area contributed by atoms with Gasteiger partial charge in [0.15, 0.2) is 5.82 Å². The summed E-state index contributed by atoms with van der Waals surface area (Å²) in [6.07, 6.45) is 0. The van der Waals surface area contributed by atoms with E-state index in [1.54, 1.807) is 18.3 Å². The lowest BCUT2D eigenvalue weighted by Crippen LogP contribution is -2.16. The van der Waals surface area contributed by atoms with E-state index in [4.69, 9.17) is 0 Å². The minimum absolute atomic E-state index is 0.365. The number of aromatic amines is 1. The van der Waals surface area contributed by atoms with E-state index in [2.05, 4.69) is 25.7 Å². The first-order valence-electron chi connectivity index (χ1n) is 4.94. The third kappa shape index (κ3) is 2.76. The molecule has 0 atom stereocenters. The summed E-state index contributed by atoms with van der Waals surface area (Å²) in [6.45, 7) is 3.62. The number of nitrogens with zero attached hydrogens (tertiary/aromatic N) is 3. The molecule has 0 bridgehead atoms. The third-order valence-electron chi connectivity index (χ3n) is 2.08. The van der Waals surface area contributed by atoms with Gasteiger partial charge >= 0.3 is 5.69 Å². The van der Waals surface area contributed by atoms with Crippen LogP contribution in [0.25, 0.3) is 0 Å². The molecule has 0 spiro atoms. The number of thiophene rings is 1. The van der Waals surface area contributed by atoms with Gasteiger partial charge in [-0.25, -0.2) is 9.89 Å². The Balaban J connectivity index is 2.19. The Bertz CT molecular complexity index is 587. The van der Waals surface area contributed by atoms with Gasteiger partial charge in [-0.2, -0.15) is 15.2 Å². The number of aromatic nitrogens is 3. The van der Waals surface area contributed by atoms with Crippen LogP contribution in [0.5, 0.6) is 0 Å². The molecule has 0 aliphatic rings. The van der Waals surface area contributed by atoms with E-state index in [1.807, 2.05) is 24.4 Å². The summed E-state index contributed by atoms with van der Waals surface area (Å²) in [5, 5.41) is 12.2. The lowest BCUT2D eigenvalue weighted by molar-refractivity contribution is 0.879. The van der Waals surface area contributed by atoms with Gasteiger partial charge in [-0.3, -0.25) is 5.43 Å². The smallest absolute Gasteiger partial charge is 0.259 e. The first-order chi connectivity index (χ1) is 8.16. The van der Waals surface area contributed by atoms with Crippen LogP contribution in [-0.4, -0.2) is 20.9 Å². The number of rotatable bonds is 3. The highest BCUT2D eigenvalue weighted by Crippen LogP contribution is 2.10. The van der Waals surface area contributed by atoms with Crippen LogP contribution in [0.4, 0.5) is 5.82 Å². The van der Waals surface area contributed by atoms with Crippen molar-refractivity contribution in [2.45, 2.75) is 13.8 Å². The molecule has 0 unspecified atom stereocenters. The summed E-state index contributed by atoms with van der Waals surface area (Å²) in [5.74, 6) is 0.365. The van der Waals surface area contributed by atoms with Crippen molar-refractivity contribution in [2.75, 3.05) is 5.43 Å². The van der Waals surface area contributed by atoms with E-state index >= 15 is 0 Å². The highest BCUT2D eigenvalue weighted by molar-refractivity contribution is 7.12. The summed E-state index contributed by atoms with van der Waals surface area (Å²) < 4.78 is 0. The van der Waals surface area contributed by atoms with Crippen LogP contribution in [0.1, 0.15) is 17.5 Å². The fourth-order valence-electron chi connectivity index (χ4n) is 1.17. The SMILES string of the molecule is C/C(=N\Nc1nc(=O)[nH]nc1C)c1cccs1. The Labute approximate surface area is 101 Å².